The fourth-order valence-electron chi connectivity index (χ4n) is 13.4. The molecule has 0 saturated carbocycles. The third-order valence-electron chi connectivity index (χ3n) is 19.2. The number of carbonyl (C=O) groups excluding carboxylic acids is 3. The summed E-state index contributed by atoms with van der Waals surface area (Å²) >= 11 is 0. The summed E-state index contributed by atoms with van der Waals surface area (Å²) in [6, 6.07) is 0. The lowest BCUT2D eigenvalue weighted by Gasteiger charge is -2.51. The van der Waals surface area contributed by atoms with E-state index in [1.165, 1.54) is 13.8 Å². The normalized spacial score (nSPS) is 39.4. The van der Waals surface area contributed by atoms with E-state index in [9.17, 15) is 60.3 Å². The monoisotopic (exact) mass is 1340 g/mol. The van der Waals surface area contributed by atoms with Crippen molar-refractivity contribution in [2.24, 2.45) is 0 Å². The van der Waals surface area contributed by atoms with Crippen molar-refractivity contribution >= 4 is 17.9 Å². The maximum absolute atomic E-state index is 14.4. The van der Waals surface area contributed by atoms with Gasteiger partial charge in [-0.1, -0.05) is 168 Å². The summed E-state index contributed by atoms with van der Waals surface area (Å²) < 4.78 is 82.7. The summed E-state index contributed by atoms with van der Waals surface area (Å²) in [5, 5.41) is 103. The second-order valence-corrected chi connectivity index (χ2v) is 27.0. The molecule has 6 fully saturated rings. The second kappa shape index (κ2) is 41.9. The van der Waals surface area contributed by atoms with Gasteiger partial charge in [0, 0.05) is 19.3 Å². The van der Waals surface area contributed by atoms with Crippen LogP contribution in [0.2, 0.25) is 0 Å². The first-order valence-electron chi connectivity index (χ1n) is 35.9. The number of rotatable bonds is 31. The minimum absolute atomic E-state index is 0.0414. The van der Waals surface area contributed by atoms with Gasteiger partial charge in [0.15, 0.2) is 49.8 Å². The number of hydrogen-bond donors (Lipinski definition) is 9. The van der Waals surface area contributed by atoms with Crippen LogP contribution in [0.3, 0.4) is 0 Å². The quantitative estimate of drug-likeness (QED) is 0.0206. The molecule has 6 rings (SSSR count). The van der Waals surface area contributed by atoms with Crippen molar-refractivity contribution in [3.05, 3.63) is 0 Å². The number of aliphatic hydroxyl groups is 9. The van der Waals surface area contributed by atoms with Crippen LogP contribution in [0, 0.1) is 0 Å². The SMILES string of the molecule is CCCCCCCCCCCC(=O)O[C@@H]1[C@@H](O[C@H]2[C@@H]3OC(=O)CCCCCCCCC[C@@H](CCCCC)O[C@@H]4O[C@H](C)[C@@H](O)[C@H](O)[C@H]4O[C@@H](O[C@H]2C)[C@H]3O)O[C@@H](C)[C@H](O[C@H]2O[C@@H](C)[C@H](OC(=O)CCCCCCCCC)[C@@H](O)[C@@H]2O)[C@H]1O[C@H]1O[C@@H](CO)[C@H](O)[C@@H](O)[C@@H]1O. The number of unbranched alkanes of at least 4 members (excludes halogenated alkanes) is 16. The predicted molar refractivity (Wildman–Crippen MR) is 335 cm³/mol. The second-order valence-electron chi connectivity index (χ2n) is 27.0. The molecule has 9 N–H and O–H groups in total. The van der Waals surface area contributed by atoms with Crippen LogP contribution in [-0.4, -0.2) is 230 Å². The number of aliphatic hydroxyl groups excluding tert-OH is 9. The van der Waals surface area contributed by atoms with E-state index in [2.05, 4.69) is 20.8 Å². The summed E-state index contributed by atoms with van der Waals surface area (Å²) in [7, 11) is 0. The van der Waals surface area contributed by atoms with Crippen molar-refractivity contribution in [3.63, 3.8) is 0 Å². The van der Waals surface area contributed by atoms with Crippen LogP contribution in [0.25, 0.3) is 0 Å². The standard InChI is InChI=1S/C68H120O25/c1-8-11-14-16-18-19-23-27-33-38-48(72)89-63-62(93-65-54(78)51(75)50(74)45(39-69)86-65)59(90-64-55(79)53(77)57(41(5)82-64)87-46(70)36-31-26-21-17-15-12-9-2)43(7)84-68(63)91-58-42(6)83-66-56(80)60(58)88-47(71)37-32-28-24-20-22-25-30-35-44(34-29-13-10-3)85-67-61(92-66)52(76)49(73)40(4)81-67/h40-45,49-69,73-80H,8-39H2,1-7H3/t40-,41+,42+,43+,44-,45+,49-,50+,51-,52+,53+,54+,55+,56+,57+,58-,59+,60-,61-,62-,63+,64-,65-,66-,67+,68-/m1/s1. The Morgan fingerprint density at radius 3 is 1.51 bits per heavy atom. The van der Waals surface area contributed by atoms with Gasteiger partial charge >= 0.3 is 17.9 Å². The highest BCUT2D eigenvalue weighted by atomic mass is 16.8. The van der Waals surface area contributed by atoms with Gasteiger partial charge < -0.3 is 108 Å². The minimum Gasteiger partial charge on any atom is -0.457 e. The molecule has 0 aromatic heterocycles. The molecular weight excluding hydrogens is 1220 g/mol. The van der Waals surface area contributed by atoms with Crippen molar-refractivity contribution in [2.75, 3.05) is 6.61 Å². The Labute approximate surface area is 551 Å². The van der Waals surface area contributed by atoms with Gasteiger partial charge in [-0.25, -0.2) is 0 Å². The Morgan fingerprint density at radius 1 is 0.409 bits per heavy atom. The summed E-state index contributed by atoms with van der Waals surface area (Å²) in [4.78, 5) is 41.7. The lowest BCUT2D eigenvalue weighted by molar-refractivity contribution is -0.400. The molecule has 2 bridgehead atoms. The van der Waals surface area contributed by atoms with Crippen molar-refractivity contribution in [1.82, 2.24) is 0 Å². The van der Waals surface area contributed by atoms with Gasteiger partial charge in [0.05, 0.1) is 37.1 Å². The molecule has 6 heterocycles. The first kappa shape index (κ1) is 79.6. The van der Waals surface area contributed by atoms with Crippen LogP contribution in [0.15, 0.2) is 0 Å². The molecule has 25 heteroatoms. The maximum atomic E-state index is 14.4. The topological polar surface area (TPSA) is 353 Å². The highest BCUT2D eigenvalue weighted by Gasteiger charge is 2.59. The van der Waals surface area contributed by atoms with Gasteiger partial charge in [-0.05, 0) is 59.8 Å². The smallest absolute Gasteiger partial charge is 0.306 e. The van der Waals surface area contributed by atoms with Crippen LogP contribution in [0.5, 0.6) is 0 Å². The molecule has 0 unspecified atom stereocenters. The van der Waals surface area contributed by atoms with Crippen LogP contribution < -0.4 is 0 Å². The molecule has 26 atom stereocenters. The lowest BCUT2D eigenvalue weighted by atomic mass is 9.95. The molecule has 0 aliphatic carbocycles. The summed E-state index contributed by atoms with van der Waals surface area (Å²) in [5.74, 6) is -2.07. The van der Waals surface area contributed by atoms with E-state index in [1.54, 1.807) is 13.8 Å². The number of carbonyl (C=O) groups is 3. The number of esters is 3. The van der Waals surface area contributed by atoms with E-state index in [0.29, 0.717) is 38.5 Å². The van der Waals surface area contributed by atoms with Crippen LogP contribution in [-0.2, 0) is 76.0 Å². The molecule has 6 saturated heterocycles. The molecule has 0 amide bonds. The fourth-order valence-corrected chi connectivity index (χ4v) is 13.4. The van der Waals surface area contributed by atoms with Gasteiger partial charge in [-0.15, -0.1) is 0 Å². The summed E-state index contributed by atoms with van der Waals surface area (Å²) in [6.45, 7) is 11.7. The molecule has 93 heavy (non-hydrogen) atoms. The van der Waals surface area contributed by atoms with E-state index in [-0.39, 0.29) is 25.4 Å². The predicted octanol–water partition coefficient (Wildman–Crippen LogP) is 6.40. The molecule has 6 aliphatic heterocycles. The van der Waals surface area contributed by atoms with Gasteiger partial charge in [-0.3, -0.25) is 14.4 Å². The number of ether oxygens (including phenoxy) is 13. The fraction of sp³-hybridized carbons (Fsp3) is 0.956. The molecule has 0 spiro atoms. The first-order valence-corrected chi connectivity index (χ1v) is 35.9. The third kappa shape index (κ3) is 24.2. The van der Waals surface area contributed by atoms with E-state index >= 15 is 0 Å². The Morgan fingerprint density at radius 2 is 0.892 bits per heavy atom. The number of hydrogen-bond acceptors (Lipinski definition) is 25. The minimum atomic E-state index is -2.02. The van der Waals surface area contributed by atoms with E-state index < -0.39 is 178 Å². The molecule has 0 aromatic carbocycles. The third-order valence-corrected chi connectivity index (χ3v) is 19.2. The Balaban J connectivity index is 1.33. The van der Waals surface area contributed by atoms with Gasteiger partial charge in [-0.2, -0.15) is 0 Å². The number of fused-ring (bicyclic) bond motifs is 3. The lowest BCUT2D eigenvalue weighted by Crippen LogP contribution is -2.68. The van der Waals surface area contributed by atoms with Crippen LogP contribution in [0.4, 0.5) is 0 Å². The largest absolute Gasteiger partial charge is 0.457 e. The maximum Gasteiger partial charge on any atom is 0.306 e. The van der Waals surface area contributed by atoms with Crippen LogP contribution in [0.1, 0.15) is 248 Å². The summed E-state index contributed by atoms with van der Waals surface area (Å²) in [5.41, 5.74) is 0. The molecule has 6 aliphatic rings. The van der Waals surface area contributed by atoms with Crippen molar-refractivity contribution in [1.29, 1.82) is 0 Å². The molecular formula is C68H120O25. The zero-order valence-electron chi connectivity index (χ0n) is 56.7. The Bertz CT molecular complexity index is 2080. The molecule has 542 valence electrons. The van der Waals surface area contributed by atoms with Gasteiger partial charge in [0.1, 0.15) is 79.4 Å². The van der Waals surface area contributed by atoms with E-state index in [0.717, 1.165) is 141 Å². The zero-order valence-corrected chi connectivity index (χ0v) is 56.7. The summed E-state index contributed by atoms with van der Waals surface area (Å²) in [6.07, 6.45) is -14.6. The molecule has 0 aromatic rings. The van der Waals surface area contributed by atoms with E-state index in [1.807, 2.05) is 0 Å². The Kier molecular flexibility index (Phi) is 35.9. The van der Waals surface area contributed by atoms with Crippen molar-refractivity contribution < 1.29 is 122 Å². The van der Waals surface area contributed by atoms with Gasteiger partial charge in [0.2, 0.25) is 0 Å². The zero-order chi connectivity index (χ0) is 67.6. The van der Waals surface area contributed by atoms with Crippen LogP contribution >= 0.6 is 0 Å². The average Bonchev–Trinajstić information content (AvgIpc) is 0.781. The first-order chi connectivity index (χ1) is 44.7. The molecule has 0 radical (unpaired) electrons. The van der Waals surface area contributed by atoms with E-state index in [4.69, 9.17) is 61.6 Å². The highest BCUT2D eigenvalue weighted by molar-refractivity contribution is 5.70. The Hall–Kier alpha value is -2.35. The molecule has 25 nitrogen and oxygen atoms in total. The average molecular weight is 1340 g/mol. The van der Waals surface area contributed by atoms with Crippen molar-refractivity contribution in [2.45, 2.75) is 407 Å². The highest BCUT2D eigenvalue weighted by Crippen LogP contribution is 2.40. The van der Waals surface area contributed by atoms with Crippen molar-refractivity contribution in [3.8, 4) is 0 Å². The van der Waals surface area contributed by atoms with Gasteiger partial charge in [0.25, 0.3) is 0 Å².